The third-order valence-corrected chi connectivity index (χ3v) is 4.53. The number of benzene rings is 1. The van der Waals surface area contributed by atoms with E-state index >= 15 is 0 Å². The van der Waals surface area contributed by atoms with Crippen molar-refractivity contribution in [3.8, 4) is 0 Å². The molecule has 2 aromatic rings. The highest BCUT2D eigenvalue weighted by atomic mass is 19.1. The van der Waals surface area contributed by atoms with Crippen molar-refractivity contribution < 1.29 is 18.5 Å². The number of rotatable bonds is 7. The van der Waals surface area contributed by atoms with Crippen LogP contribution in [-0.2, 0) is 4.79 Å². The van der Waals surface area contributed by atoms with Gasteiger partial charge in [-0.25, -0.2) is 4.39 Å². The summed E-state index contributed by atoms with van der Waals surface area (Å²) < 4.78 is 18.2. The van der Waals surface area contributed by atoms with Gasteiger partial charge in [0.2, 0.25) is 5.91 Å². The summed E-state index contributed by atoms with van der Waals surface area (Å²) in [6.45, 7) is 2.91. The van der Waals surface area contributed by atoms with Crippen LogP contribution in [0.3, 0.4) is 0 Å². The Balaban J connectivity index is 1.66. The average molecular weight is 374 g/mol. The van der Waals surface area contributed by atoms with Gasteiger partial charge in [-0.3, -0.25) is 9.59 Å². The van der Waals surface area contributed by atoms with Crippen LogP contribution in [0.25, 0.3) is 0 Å². The van der Waals surface area contributed by atoms with Crippen LogP contribution in [0.2, 0.25) is 0 Å². The summed E-state index contributed by atoms with van der Waals surface area (Å²) in [5.74, 6) is -0.952. The molecule has 8 heteroatoms. The molecule has 0 bridgehead atoms. The van der Waals surface area contributed by atoms with E-state index in [1.54, 1.807) is 6.07 Å². The molecule has 0 radical (unpaired) electrons. The predicted molar refractivity (Wildman–Crippen MR) is 97.7 cm³/mol. The van der Waals surface area contributed by atoms with Crippen LogP contribution in [0.4, 0.5) is 10.2 Å². The molecule has 0 aliphatic carbocycles. The number of hydrogen-bond acceptors (Lipinski definition) is 5. The molecule has 1 aliphatic heterocycles. The molecule has 144 valence electrons. The lowest BCUT2D eigenvalue weighted by Crippen LogP contribution is -2.43. The van der Waals surface area contributed by atoms with Crippen LogP contribution >= 0.6 is 0 Å². The van der Waals surface area contributed by atoms with Crippen LogP contribution in [0, 0.1) is 5.82 Å². The van der Waals surface area contributed by atoms with Crippen LogP contribution < -0.4 is 5.32 Å². The van der Waals surface area contributed by atoms with E-state index in [-0.39, 0.29) is 29.7 Å². The number of piperidine rings is 1. The lowest BCUT2D eigenvalue weighted by molar-refractivity contribution is -0.117. The minimum atomic E-state index is -0.483. The van der Waals surface area contributed by atoms with Gasteiger partial charge >= 0.3 is 0 Å². The molecule has 0 unspecified atom stereocenters. The molecule has 1 aromatic heterocycles. The van der Waals surface area contributed by atoms with Gasteiger partial charge in [-0.1, -0.05) is 17.6 Å². The first-order chi connectivity index (χ1) is 13.1. The van der Waals surface area contributed by atoms with Gasteiger partial charge in [0.1, 0.15) is 18.6 Å². The first kappa shape index (κ1) is 19.0. The number of hydrogen-bond donors (Lipinski definition) is 1. The summed E-state index contributed by atoms with van der Waals surface area (Å²) in [5.41, 5.74) is 0.225. The zero-order chi connectivity index (χ0) is 19.1. The Morgan fingerprint density at radius 3 is 2.74 bits per heavy atom. The molecule has 1 aromatic carbocycles. The highest BCUT2D eigenvalue weighted by Crippen LogP contribution is 2.11. The van der Waals surface area contributed by atoms with Gasteiger partial charge in [-0.05, 0) is 44.1 Å². The first-order valence-corrected chi connectivity index (χ1v) is 9.09. The number of likely N-dealkylation sites (tertiary alicyclic amines) is 1. The highest BCUT2D eigenvalue weighted by Gasteiger charge is 2.21. The van der Waals surface area contributed by atoms with Gasteiger partial charge < -0.3 is 19.6 Å². The summed E-state index contributed by atoms with van der Waals surface area (Å²) in [5, 5.41) is 6.21. The number of nitrogens with zero attached hydrogens (tertiary/aromatic N) is 3. The Bertz CT molecular complexity index is 760. The Morgan fingerprint density at radius 2 is 2.04 bits per heavy atom. The number of amides is 2. The standard InChI is InChI=1S/C19H23FN4O3/c20-16-6-4-5-15(13-16)19(26)24(11-10-23-8-2-1-3-9-23)14-18(25)21-17-7-12-27-22-17/h4-7,12-13H,1-3,8-11,14H2,(H,21,22,25). The number of carbonyl (C=O) groups excluding carboxylic acids is 2. The molecule has 2 amide bonds. The SMILES string of the molecule is O=C(CN(CCN1CCCCC1)C(=O)c1cccc(F)c1)Nc1ccon1. The molecule has 1 aliphatic rings. The smallest absolute Gasteiger partial charge is 0.254 e. The van der Waals surface area contributed by atoms with Crippen LogP contribution in [-0.4, -0.2) is 59.5 Å². The van der Waals surface area contributed by atoms with E-state index in [1.807, 2.05) is 0 Å². The van der Waals surface area contributed by atoms with Gasteiger partial charge in [0.15, 0.2) is 5.82 Å². The molecule has 7 nitrogen and oxygen atoms in total. The lowest BCUT2D eigenvalue weighted by atomic mass is 10.1. The zero-order valence-corrected chi connectivity index (χ0v) is 15.1. The molecule has 2 heterocycles. The van der Waals surface area contributed by atoms with Crippen molar-refractivity contribution in [3.63, 3.8) is 0 Å². The normalized spacial score (nSPS) is 14.7. The Hall–Kier alpha value is -2.74. The summed E-state index contributed by atoms with van der Waals surface area (Å²) in [6.07, 6.45) is 4.86. The second-order valence-electron chi connectivity index (χ2n) is 6.57. The summed E-state index contributed by atoms with van der Waals surface area (Å²) >= 11 is 0. The summed E-state index contributed by atoms with van der Waals surface area (Å²) in [6, 6.07) is 7.03. The van der Waals surface area contributed by atoms with E-state index in [9.17, 15) is 14.0 Å². The van der Waals surface area contributed by atoms with Crippen LogP contribution in [0.5, 0.6) is 0 Å². The van der Waals surface area contributed by atoms with Crippen molar-refractivity contribution in [2.75, 3.05) is 38.0 Å². The van der Waals surface area contributed by atoms with E-state index in [2.05, 4.69) is 19.9 Å². The molecule has 0 saturated carbocycles. The quantitative estimate of drug-likeness (QED) is 0.805. The maximum absolute atomic E-state index is 13.5. The second-order valence-corrected chi connectivity index (χ2v) is 6.57. The molecule has 0 atom stereocenters. The monoisotopic (exact) mass is 374 g/mol. The molecular weight excluding hydrogens is 351 g/mol. The van der Waals surface area contributed by atoms with E-state index in [1.165, 1.54) is 41.8 Å². The maximum atomic E-state index is 13.5. The molecule has 1 fully saturated rings. The fourth-order valence-corrected chi connectivity index (χ4v) is 3.13. The Morgan fingerprint density at radius 1 is 1.22 bits per heavy atom. The molecule has 1 saturated heterocycles. The Labute approximate surface area is 157 Å². The van der Waals surface area contributed by atoms with Crippen molar-refractivity contribution in [1.82, 2.24) is 15.0 Å². The van der Waals surface area contributed by atoms with E-state index in [0.29, 0.717) is 13.1 Å². The zero-order valence-electron chi connectivity index (χ0n) is 15.1. The highest BCUT2D eigenvalue weighted by molar-refractivity contribution is 5.99. The number of aromatic nitrogens is 1. The number of anilines is 1. The fraction of sp³-hybridized carbons (Fsp3) is 0.421. The summed E-state index contributed by atoms with van der Waals surface area (Å²) in [4.78, 5) is 28.9. The van der Waals surface area contributed by atoms with Crippen molar-refractivity contribution in [2.24, 2.45) is 0 Å². The van der Waals surface area contributed by atoms with Crippen LogP contribution in [0.1, 0.15) is 29.6 Å². The molecule has 1 N–H and O–H groups in total. The number of carbonyl (C=O) groups is 2. The van der Waals surface area contributed by atoms with Gasteiger partial charge in [0.05, 0.1) is 0 Å². The molecule has 0 spiro atoms. The van der Waals surface area contributed by atoms with Gasteiger partial charge in [-0.15, -0.1) is 0 Å². The summed E-state index contributed by atoms with van der Waals surface area (Å²) in [7, 11) is 0. The fourth-order valence-electron chi connectivity index (χ4n) is 3.13. The predicted octanol–water partition coefficient (Wildman–Crippen LogP) is 2.38. The van der Waals surface area contributed by atoms with Crippen LogP contribution in [0.15, 0.2) is 41.1 Å². The van der Waals surface area contributed by atoms with E-state index < -0.39 is 5.82 Å². The molecule has 27 heavy (non-hydrogen) atoms. The third kappa shape index (κ3) is 5.62. The van der Waals surface area contributed by atoms with E-state index in [4.69, 9.17) is 0 Å². The van der Waals surface area contributed by atoms with E-state index in [0.717, 1.165) is 25.9 Å². The first-order valence-electron chi connectivity index (χ1n) is 9.09. The lowest BCUT2D eigenvalue weighted by Gasteiger charge is -2.30. The number of nitrogens with one attached hydrogen (secondary N) is 1. The largest absolute Gasteiger partial charge is 0.363 e. The maximum Gasteiger partial charge on any atom is 0.254 e. The minimum Gasteiger partial charge on any atom is -0.363 e. The van der Waals surface area contributed by atoms with Gasteiger partial charge in [0, 0.05) is 24.7 Å². The Kier molecular flexibility index (Phi) is 6.54. The number of halogens is 1. The average Bonchev–Trinajstić information content (AvgIpc) is 3.18. The topological polar surface area (TPSA) is 78.7 Å². The van der Waals surface area contributed by atoms with Gasteiger partial charge in [-0.2, -0.15) is 0 Å². The minimum absolute atomic E-state index is 0.143. The van der Waals surface area contributed by atoms with Crippen molar-refractivity contribution in [2.45, 2.75) is 19.3 Å². The van der Waals surface area contributed by atoms with Gasteiger partial charge in [0.25, 0.3) is 5.91 Å². The second kappa shape index (κ2) is 9.27. The van der Waals surface area contributed by atoms with Crippen molar-refractivity contribution in [3.05, 3.63) is 48.0 Å². The molecule has 3 rings (SSSR count). The van der Waals surface area contributed by atoms with Crippen molar-refractivity contribution >= 4 is 17.6 Å². The van der Waals surface area contributed by atoms with Crippen molar-refractivity contribution in [1.29, 1.82) is 0 Å². The molecular formula is C19H23FN4O3. The third-order valence-electron chi connectivity index (χ3n) is 4.53.